The van der Waals surface area contributed by atoms with Gasteiger partial charge in [0, 0.05) is 6.42 Å². The van der Waals surface area contributed by atoms with Crippen LogP contribution in [-0.4, -0.2) is 11.9 Å². The average Bonchev–Trinajstić information content (AvgIpc) is 2.52. The van der Waals surface area contributed by atoms with Crippen molar-refractivity contribution in [3.05, 3.63) is 35.4 Å². The van der Waals surface area contributed by atoms with Crippen molar-refractivity contribution in [2.45, 2.75) is 63.9 Å². The van der Waals surface area contributed by atoms with Gasteiger partial charge in [-0.1, -0.05) is 18.6 Å². The molecule has 0 radical (unpaired) electrons. The largest absolute Gasteiger partial charge is 0.490 e. The lowest BCUT2D eigenvalue weighted by Gasteiger charge is -2.23. The topological polar surface area (TPSA) is 26.3 Å². The van der Waals surface area contributed by atoms with Crippen LogP contribution in [0.25, 0.3) is 6.08 Å². The standard InChI is InChI=1S/C19H24O2/c20-19-9-5-4-6-16(19)14-15-10-12-18(13-11-15)21-17-7-2-1-3-8-17/h10-14,17H,1-9H2. The van der Waals surface area contributed by atoms with Gasteiger partial charge in [0.25, 0.3) is 0 Å². The van der Waals surface area contributed by atoms with Gasteiger partial charge in [-0.3, -0.25) is 4.79 Å². The smallest absolute Gasteiger partial charge is 0.158 e. The zero-order valence-corrected chi connectivity index (χ0v) is 12.6. The van der Waals surface area contributed by atoms with E-state index in [-0.39, 0.29) is 0 Å². The van der Waals surface area contributed by atoms with Crippen molar-refractivity contribution in [2.75, 3.05) is 0 Å². The van der Waals surface area contributed by atoms with Gasteiger partial charge in [-0.2, -0.15) is 0 Å². The Hall–Kier alpha value is -1.57. The van der Waals surface area contributed by atoms with E-state index in [0.717, 1.165) is 36.1 Å². The highest BCUT2D eigenvalue weighted by atomic mass is 16.5. The van der Waals surface area contributed by atoms with E-state index in [4.69, 9.17) is 4.74 Å². The van der Waals surface area contributed by atoms with Crippen LogP contribution in [0.15, 0.2) is 29.8 Å². The lowest BCUT2D eigenvalue weighted by molar-refractivity contribution is -0.116. The summed E-state index contributed by atoms with van der Waals surface area (Å²) in [7, 11) is 0. The summed E-state index contributed by atoms with van der Waals surface area (Å²) in [5, 5.41) is 0. The number of allylic oxidation sites excluding steroid dienone is 1. The second-order valence-corrected chi connectivity index (χ2v) is 6.25. The zero-order chi connectivity index (χ0) is 14.5. The Kier molecular flexibility index (Phi) is 4.74. The molecule has 0 unspecified atom stereocenters. The highest BCUT2D eigenvalue weighted by Crippen LogP contribution is 2.25. The minimum absolute atomic E-state index is 0.323. The second-order valence-electron chi connectivity index (χ2n) is 6.25. The van der Waals surface area contributed by atoms with E-state index < -0.39 is 0 Å². The minimum Gasteiger partial charge on any atom is -0.490 e. The molecule has 0 bridgehead atoms. The average molecular weight is 284 g/mol. The predicted octanol–water partition coefficient (Wildman–Crippen LogP) is 4.92. The molecule has 3 rings (SSSR count). The first-order valence-electron chi connectivity index (χ1n) is 8.32. The maximum absolute atomic E-state index is 11.8. The molecule has 0 N–H and O–H groups in total. The van der Waals surface area contributed by atoms with Crippen molar-refractivity contribution in [1.29, 1.82) is 0 Å². The summed E-state index contributed by atoms with van der Waals surface area (Å²) in [4.78, 5) is 11.8. The predicted molar refractivity (Wildman–Crippen MR) is 85.4 cm³/mol. The van der Waals surface area contributed by atoms with Gasteiger partial charge in [0.1, 0.15) is 5.75 Å². The fourth-order valence-corrected chi connectivity index (χ4v) is 3.27. The van der Waals surface area contributed by atoms with Crippen LogP contribution in [0.2, 0.25) is 0 Å². The van der Waals surface area contributed by atoms with E-state index >= 15 is 0 Å². The van der Waals surface area contributed by atoms with Gasteiger partial charge in [-0.05, 0) is 74.3 Å². The Morgan fingerprint density at radius 1 is 0.905 bits per heavy atom. The summed E-state index contributed by atoms with van der Waals surface area (Å²) >= 11 is 0. The number of carbonyl (C=O) groups excluding carboxylic acids is 1. The summed E-state index contributed by atoms with van der Waals surface area (Å²) in [5.41, 5.74) is 2.10. The minimum atomic E-state index is 0.323. The molecule has 1 aromatic rings. The fraction of sp³-hybridized carbons (Fsp3) is 0.526. The fourth-order valence-electron chi connectivity index (χ4n) is 3.27. The molecule has 2 heteroatoms. The third-order valence-electron chi connectivity index (χ3n) is 4.53. The Bertz CT molecular complexity index is 507. The second kappa shape index (κ2) is 6.93. The lowest BCUT2D eigenvalue weighted by Crippen LogP contribution is -2.19. The number of carbonyl (C=O) groups is 1. The molecule has 0 saturated heterocycles. The van der Waals surface area contributed by atoms with Crippen LogP contribution in [0.1, 0.15) is 63.4 Å². The molecule has 0 spiro atoms. The summed E-state index contributed by atoms with van der Waals surface area (Å²) in [6, 6.07) is 8.20. The number of hydrogen-bond acceptors (Lipinski definition) is 2. The molecule has 0 heterocycles. The maximum Gasteiger partial charge on any atom is 0.158 e. The van der Waals surface area contributed by atoms with Gasteiger partial charge in [0.15, 0.2) is 5.78 Å². The Morgan fingerprint density at radius 3 is 2.33 bits per heavy atom. The SMILES string of the molecule is O=C1CCCCC1=Cc1ccc(OC2CCCCC2)cc1. The van der Waals surface area contributed by atoms with Crippen LogP contribution < -0.4 is 4.74 Å². The molecular formula is C19H24O2. The Labute approximate surface area is 127 Å². The molecule has 0 aliphatic heterocycles. The van der Waals surface area contributed by atoms with Gasteiger partial charge >= 0.3 is 0 Å². The van der Waals surface area contributed by atoms with Gasteiger partial charge < -0.3 is 4.74 Å². The monoisotopic (exact) mass is 284 g/mol. The van der Waals surface area contributed by atoms with Crippen molar-refractivity contribution in [3.8, 4) is 5.75 Å². The van der Waals surface area contributed by atoms with E-state index in [0.29, 0.717) is 18.3 Å². The molecule has 0 amide bonds. The molecular weight excluding hydrogens is 260 g/mol. The van der Waals surface area contributed by atoms with Crippen LogP contribution in [0.5, 0.6) is 5.75 Å². The molecule has 0 aromatic heterocycles. The first-order valence-corrected chi connectivity index (χ1v) is 8.32. The molecule has 2 fully saturated rings. The first kappa shape index (κ1) is 14.4. The van der Waals surface area contributed by atoms with Gasteiger partial charge in [0.05, 0.1) is 6.10 Å². The van der Waals surface area contributed by atoms with E-state index in [1.165, 1.54) is 32.1 Å². The number of Topliss-reactive ketones (excluding diaryl/α,β-unsaturated/α-hetero) is 1. The Morgan fingerprint density at radius 2 is 1.62 bits per heavy atom. The van der Waals surface area contributed by atoms with Crippen molar-refractivity contribution >= 4 is 11.9 Å². The summed E-state index contributed by atoms with van der Waals surface area (Å²) < 4.78 is 6.03. The highest BCUT2D eigenvalue weighted by Gasteiger charge is 2.16. The molecule has 1 aromatic carbocycles. The van der Waals surface area contributed by atoms with Gasteiger partial charge in [0.2, 0.25) is 0 Å². The third kappa shape index (κ3) is 3.96. The zero-order valence-electron chi connectivity index (χ0n) is 12.6. The summed E-state index contributed by atoms with van der Waals surface area (Å²) in [6.45, 7) is 0. The molecule has 0 atom stereocenters. The van der Waals surface area contributed by atoms with E-state index in [2.05, 4.69) is 12.1 Å². The molecule has 2 nitrogen and oxygen atoms in total. The van der Waals surface area contributed by atoms with Crippen LogP contribution in [-0.2, 0) is 4.79 Å². The number of benzene rings is 1. The van der Waals surface area contributed by atoms with E-state index in [1.54, 1.807) is 0 Å². The lowest BCUT2D eigenvalue weighted by atomic mass is 9.92. The number of ketones is 1. The van der Waals surface area contributed by atoms with Crippen molar-refractivity contribution < 1.29 is 9.53 Å². The third-order valence-corrected chi connectivity index (χ3v) is 4.53. The van der Waals surface area contributed by atoms with Crippen LogP contribution in [0.4, 0.5) is 0 Å². The number of hydrogen-bond donors (Lipinski definition) is 0. The van der Waals surface area contributed by atoms with Crippen molar-refractivity contribution in [2.24, 2.45) is 0 Å². The van der Waals surface area contributed by atoms with Gasteiger partial charge in [-0.25, -0.2) is 0 Å². The highest BCUT2D eigenvalue weighted by molar-refractivity contribution is 6.00. The Balaban J connectivity index is 1.63. The van der Waals surface area contributed by atoms with Crippen LogP contribution in [0.3, 0.4) is 0 Å². The molecule has 2 saturated carbocycles. The van der Waals surface area contributed by atoms with Crippen molar-refractivity contribution in [1.82, 2.24) is 0 Å². The molecule has 21 heavy (non-hydrogen) atoms. The summed E-state index contributed by atoms with van der Waals surface area (Å²) in [6.07, 6.45) is 12.6. The normalized spacial score (nSPS) is 22.5. The van der Waals surface area contributed by atoms with E-state index in [9.17, 15) is 4.79 Å². The van der Waals surface area contributed by atoms with Crippen LogP contribution >= 0.6 is 0 Å². The van der Waals surface area contributed by atoms with Crippen molar-refractivity contribution in [3.63, 3.8) is 0 Å². The molecule has 2 aliphatic rings. The van der Waals surface area contributed by atoms with E-state index in [1.807, 2.05) is 18.2 Å². The number of ether oxygens (including phenoxy) is 1. The number of rotatable bonds is 3. The maximum atomic E-state index is 11.8. The quantitative estimate of drug-likeness (QED) is 0.736. The first-order chi connectivity index (χ1) is 10.3. The molecule has 112 valence electrons. The van der Waals surface area contributed by atoms with Gasteiger partial charge in [-0.15, -0.1) is 0 Å². The van der Waals surface area contributed by atoms with Crippen LogP contribution in [0, 0.1) is 0 Å². The molecule has 2 aliphatic carbocycles. The summed E-state index contributed by atoms with van der Waals surface area (Å²) in [5.74, 6) is 1.28.